The highest BCUT2D eigenvalue weighted by Crippen LogP contribution is 2.34. The van der Waals surface area contributed by atoms with Crippen molar-refractivity contribution in [3.8, 4) is 6.07 Å². The number of rotatable bonds is 2. The van der Waals surface area contributed by atoms with Gasteiger partial charge in [0.2, 0.25) is 0 Å². The summed E-state index contributed by atoms with van der Waals surface area (Å²) in [4.78, 5) is 14.3. The minimum absolute atomic E-state index is 0.0844. The number of amides is 1. The number of likely N-dealkylation sites (tertiary alicyclic amines) is 1. The predicted octanol–water partition coefficient (Wildman–Crippen LogP) is 3.29. The number of hydrogen-bond donors (Lipinski definition) is 0. The average Bonchev–Trinajstić information content (AvgIpc) is 2.98. The van der Waals surface area contributed by atoms with Gasteiger partial charge in [-0.2, -0.15) is 5.26 Å². The SMILES string of the molecule is CSC1(C#N)CCN(C(=O)c2cc3ccccc3o2)CC1. The maximum Gasteiger partial charge on any atom is 0.289 e. The molecule has 21 heavy (non-hydrogen) atoms. The van der Waals surface area contributed by atoms with Crippen molar-refractivity contribution < 1.29 is 9.21 Å². The number of piperidine rings is 1. The first-order chi connectivity index (χ1) is 10.2. The molecule has 1 aliphatic heterocycles. The van der Waals surface area contributed by atoms with Crippen molar-refractivity contribution in [2.45, 2.75) is 17.6 Å². The summed E-state index contributed by atoms with van der Waals surface area (Å²) in [5.41, 5.74) is 0.730. The fraction of sp³-hybridized carbons (Fsp3) is 0.375. The lowest BCUT2D eigenvalue weighted by atomic mass is 9.97. The number of thioether (sulfide) groups is 1. The molecule has 1 aliphatic rings. The summed E-state index contributed by atoms with van der Waals surface area (Å²) in [7, 11) is 0. The normalized spacial score (nSPS) is 17.6. The van der Waals surface area contributed by atoms with Crippen LogP contribution < -0.4 is 0 Å². The van der Waals surface area contributed by atoms with Crippen molar-refractivity contribution in [2.75, 3.05) is 19.3 Å². The molecule has 0 N–H and O–H groups in total. The van der Waals surface area contributed by atoms with Crippen LogP contribution in [0.2, 0.25) is 0 Å². The summed E-state index contributed by atoms with van der Waals surface area (Å²) in [5.74, 6) is 0.295. The first-order valence-electron chi connectivity index (χ1n) is 6.92. The predicted molar refractivity (Wildman–Crippen MR) is 83.2 cm³/mol. The Labute approximate surface area is 127 Å². The fourth-order valence-electron chi connectivity index (χ4n) is 2.68. The molecular formula is C16H16N2O2S. The van der Waals surface area contributed by atoms with Crippen molar-refractivity contribution in [1.82, 2.24) is 4.90 Å². The molecule has 0 atom stereocenters. The number of carbonyl (C=O) groups excluding carboxylic acids is 1. The Morgan fingerprint density at radius 1 is 1.38 bits per heavy atom. The number of nitriles is 1. The monoisotopic (exact) mass is 300 g/mol. The smallest absolute Gasteiger partial charge is 0.289 e. The summed E-state index contributed by atoms with van der Waals surface area (Å²) in [6.45, 7) is 1.20. The maximum absolute atomic E-state index is 12.5. The van der Waals surface area contributed by atoms with Crippen LogP contribution in [-0.4, -0.2) is 34.9 Å². The van der Waals surface area contributed by atoms with Crippen LogP contribution in [0.25, 0.3) is 11.0 Å². The van der Waals surface area contributed by atoms with Gasteiger partial charge in [0.05, 0.1) is 6.07 Å². The first kappa shape index (κ1) is 14.0. The average molecular weight is 300 g/mol. The van der Waals surface area contributed by atoms with Crippen molar-refractivity contribution in [2.24, 2.45) is 0 Å². The number of para-hydroxylation sites is 1. The van der Waals surface area contributed by atoms with Crippen LogP contribution in [0, 0.1) is 11.3 Å². The molecule has 0 spiro atoms. The Hall–Kier alpha value is -1.93. The number of furan rings is 1. The third-order valence-electron chi connectivity index (χ3n) is 4.09. The minimum Gasteiger partial charge on any atom is -0.451 e. The van der Waals surface area contributed by atoms with Crippen molar-refractivity contribution in [3.05, 3.63) is 36.1 Å². The van der Waals surface area contributed by atoms with Gasteiger partial charge in [-0.15, -0.1) is 11.8 Å². The molecule has 1 aromatic heterocycles. The van der Waals surface area contributed by atoms with E-state index in [9.17, 15) is 10.1 Å². The molecule has 0 unspecified atom stereocenters. The number of carbonyl (C=O) groups is 1. The zero-order chi connectivity index (χ0) is 14.9. The fourth-order valence-corrected chi connectivity index (χ4v) is 3.36. The highest BCUT2D eigenvalue weighted by atomic mass is 32.2. The van der Waals surface area contributed by atoms with E-state index in [4.69, 9.17) is 4.42 Å². The van der Waals surface area contributed by atoms with Crippen LogP contribution in [0.1, 0.15) is 23.4 Å². The molecular weight excluding hydrogens is 284 g/mol. The quantitative estimate of drug-likeness (QED) is 0.854. The van der Waals surface area contributed by atoms with Gasteiger partial charge in [0.1, 0.15) is 10.3 Å². The van der Waals surface area contributed by atoms with Gasteiger partial charge in [0.15, 0.2) is 5.76 Å². The van der Waals surface area contributed by atoms with Crippen LogP contribution >= 0.6 is 11.8 Å². The van der Waals surface area contributed by atoms with Gasteiger partial charge in [-0.25, -0.2) is 0 Å². The first-order valence-corrected chi connectivity index (χ1v) is 8.14. The number of fused-ring (bicyclic) bond motifs is 1. The van der Waals surface area contributed by atoms with Gasteiger partial charge in [-0.1, -0.05) is 18.2 Å². The van der Waals surface area contributed by atoms with Crippen molar-refractivity contribution >= 4 is 28.6 Å². The summed E-state index contributed by atoms with van der Waals surface area (Å²) < 4.78 is 5.28. The largest absolute Gasteiger partial charge is 0.451 e. The summed E-state index contributed by atoms with van der Waals surface area (Å²) in [6, 6.07) is 11.8. The second kappa shape index (κ2) is 5.45. The van der Waals surface area contributed by atoms with E-state index in [2.05, 4.69) is 6.07 Å². The zero-order valence-corrected chi connectivity index (χ0v) is 12.7. The molecule has 5 heteroatoms. The molecule has 0 saturated carbocycles. The lowest BCUT2D eigenvalue weighted by Gasteiger charge is -2.35. The van der Waals surface area contributed by atoms with Gasteiger partial charge in [0.25, 0.3) is 5.91 Å². The van der Waals surface area contributed by atoms with Crippen LogP contribution in [0.3, 0.4) is 0 Å². The summed E-state index contributed by atoms with van der Waals surface area (Å²) >= 11 is 1.58. The van der Waals surface area contributed by atoms with Crippen LogP contribution in [0.4, 0.5) is 0 Å². The molecule has 0 radical (unpaired) electrons. The molecule has 3 rings (SSSR count). The van der Waals surface area contributed by atoms with Crippen molar-refractivity contribution in [1.29, 1.82) is 5.26 Å². The van der Waals surface area contributed by atoms with E-state index < -0.39 is 0 Å². The third-order valence-corrected chi connectivity index (χ3v) is 5.37. The second-order valence-corrected chi connectivity index (χ2v) is 6.44. The van der Waals surface area contributed by atoms with Gasteiger partial charge in [0, 0.05) is 18.5 Å². The molecule has 0 aliphatic carbocycles. The molecule has 0 bridgehead atoms. The highest BCUT2D eigenvalue weighted by molar-refractivity contribution is 8.00. The number of nitrogens with zero attached hydrogens (tertiary/aromatic N) is 2. The van der Waals surface area contributed by atoms with E-state index >= 15 is 0 Å². The van der Waals surface area contributed by atoms with Gasteiger partial charge >= 0.3 is 0 Å². The second-order valence-electron chi connectivity index (χ2n) is 5.25. The number of benzene rings is 1. The molecule has 4 nitrogen and oxygen atoms in total. The summed E-state index contributed by atoms with van der Waals surface area (Å²) in [5, 5.41) is 10.2. The number of hydrogen-bond acceptors (Lipinski definition) is 4. The van der Waals surface area contributed by atoms with Crippen LogP contribution in [0.5, 0.6) is 0 Å². The van der Waals surface area contributed by atoms with E-state index in [0.29, 0.717) is 31.7 Å². The van der Waals surface area contributed by atoms with Crippen LogP contribution in [0.15, 0.2) is 34.7 Å². The third kappa shape index (κ3) is 2.52. The topological polar surface area (TPSA) is 57.2 Å². The van der Waals surface area contributed by atoms with E-state index in [-0.39, 0.29) is 10.7 Å². The zero-order valence-electron chi connectivity index (χ0n) is 11.8. The Morgan fingerprint density at radius 2 is 2.10 bits per heavy atom. The lowest BCUT2D eigenvalue weighted by molar-refractivity contribution is 0.0687. The summed E-state index contributed by atoms with van der Waals surface area (Å²) in [6.07, 6.45) is 3.37. The van der Waals surface area contributed by atoms with Crippen molar-refractivity contribution in [3.63, 3.8) is 0 Å². The van der Waals surface area contributed by atoms with Gasteiger partial charge < -0.3 is 9.32 Å². The molecule has 1 aromatic carbocycles. The van der Waals surface area contributed by atoms with E-state index in [1.165, 1.54) is 0 Å². The minimum atomic E-state index is -0.343. The molecule has 1 amide bonds. The molecule has 108 valence electrons. The highest BCUT2D eigenvalue weighted by Gasteiger charge is 2.36. The molecule has 2 aromatic rings. The van der Waals surface area contributed by atoms with E-state index in [1.54, 1.807) is 22.7 Å². The molecule has 1 saturated heterocycles. The molecule has 1 fully saturated rings. The Kier molecular flexibility index (Phi) is 3.64. The maximum atomic E-state index is 12.5. The molecule has 2 heterocycles. The van der Waals surface area contributed by atoms with Gasteiger partial charge in [-0.05, 0) is 31.2 Å². The Bertz CT molecular complexity index is 675. The van der Waals surface area contributed by atoms with E-state index in [1.807, 2.05) is 30.5 Å². The Morgan fingerprint density at radius 3 is 2.71 bits per heavy atom. The Balaban J connectivity index is 1.76. The lowest BCUT2D eigenvalue weighted by Crippen LogP contribution is -2.44. The van der Waals surface area contributed by atoms with Crippen LogP contribution in [-0.2, 0) is 0 Å². The van der Waals surface area contributed by atoms with E-state index in [0.717, 1.165) is 11.0 Å². The standard InChI is InChI=1S/C16H16N2O2S/c1-21-16(11-17)6-8-18(9-7-16)15(19)14-10-12-4-2-3-5-13(12)20-14/h2-5,10H,6-9H2,1H3. The van der Waals surface area contributed by atoms with Gasteiger partial charge in [-0.3, -0.25) is 4.79 Å².